The first-order chi connectivity index (χ1) is 11.6. The molecule has 0 fully saturated rings. The first kappa shape index (κ1) is 17.7. The van der Waals surface area contributed by atoms with Crippen LogP contribution in [0.5, 0.6) is 0 Å². The quantitative estimate of drug-likeness (QED) is 0.749. The second kappa shape index (κ2) is 8.83. The zero-order valence-electron chi connectivity index (χ0n) is 13.8. The highest BCUT2D eigenvalue weighted by Gasteiger charge is 2.19. The Bertz CT molecular complexity index is 653. The van der Waals surface area contributed by atoms with E-state index in [2.05, 4.69) is 15.0 Å². The molecular formula is C17H21N3O4. The van der Waals surface area contributed by atoms with Gasteiger partial charge in [-0.3, -0.25) is 9.59 Å². The molecule has 0 atom stereocenters. The van der Waals surface area contributed by atoms with E-state index < -0.39 is 0 Å². The fourth-order valence-electron chi connectivity index (χ4n) is 2.16. The van der Waals surface area contributed by atoms with Crippen molar-refractivity contribution < 1.29 is 18.8 Å². The van der Waals surface area contributed by atoms with Crippen LogP contribution in [0.15, 0.2) is 41.1 Å². The average molecular weight is 331 g/mol. The van der Waals surface area contributed by atoms with Gasteiger partial charge in [0.25, 0.3) is 5.91 Å². The van der Waals surface area contributed by atoms with Gasteiger partial charge in [-0.15, -0.1) is 0 Å². The molecule has 0 bridgehead atoms. The van der Waals surface area contributed by atoms with Crippen molar-refractivity contribution in [2.24, 2.45) is 0 Å². The first-order valence-corrected chi connectivity index (χ1v) is 7.65. The second-order valence-electron chi connectivity index (χ2n) is 5.37. The monoisotopic (exact) mass is 331 g/mol. The summed E-state index contributed by atoms with van der Waals surface area (Å²) in [4.78, 5) is 26.3. The predicted octanol–water partition coefficient (Wildman–Crippen LogP) is 2.10. The van der Waals surface area contributed by atoms with Crippen molar-refractivity contribution in [3.8, 4) is 0 Å². The highest BCUT2D eigenvalue weighted by Crippen LogP contribution is 2.09. The van der Waals surface area contributed by atoms with Crippen LogP contribution in [0.25, 0.3) is 0 Å². The molecule has 0 saturated carbocycles. The molecule has 7 nitrogen and oxygen atoms in total. The number of anilines is 1. The third-order valence-corrected chi connectivity index (χ3v) is 3.40. The van der Waals surface area contributed by atoms with E-state index in [-0.39, 0.29) is 18.4 Å². The lowest BCUT2D eigenvalue weighted by atomic mass is 10.1. The topological polar surface area (TPSA) is 84.7 Å². The van der Waals surface area contributed by atoms with E-state index in [1.165, 1.54) is 17.2 Å². The van der Waals surface area contributed by atoms with Crippen LogP contribution < -0.4 is 5.32 Å². The largest absolute Gasteiger partial charge is 0.385 e. The fourth-order valence-corrected chi connectivity index (χ4v) is 2.16. The molecule has 0 aliphatic heterocycles. The van der Waals surface area contributed by atoms with Crippen LogP contribution in [-0.2, 0) is 9.53 Å². The van der Waals surface area contributed by atoms with E-state index in [0.29, 0.717) is 31.0 Å². The number of aryl methyl sites for hydroxylation is 1. The Morgan fingerprint density at radius 3 is 2.62 bits per heavy atom. The Morgan fingerprint density at radius 1 is 1.25 bits per heavy atom. The molecule has 0 saturated heterocycles. The summed E-state index contributed by atoms with van der Waals surface area (Å²) in [6.07, 6.45) is 2.01. The fraction of sp³-hybridized carbons (Fsp3) is 0.353. The molecule has 0 aliphatic carbocycles. The molecular weight excluding hydrogens is 310 g/mol. The predicted molar refractivity (Wildman–Crippen MR) is 88.7 cm³/mol. The molecule has 128 valence electrons. The van der Waals surface area contributed by atoms with Gasteiger partial charge in [-0.25, -0.2) is 0 Å². The van der Waals surface area contributed by atoms with E-state index in [0.717, 1.165) is 5.56 Å². The van der Waals surface area contributed by atoms with Crippen LogP contribution in [-0.4, -0.2) is 48.7 Å². The lowest BCUT2D eigenvalue weighted by molar-refractivity contribution is -0.117. The highest BCUT2D eigenvalue weighted by molar-refractivity contribution is 5.99. The molecule has 0 aliphatic rings. The lowest BCUT2D eigenvalue weighted by Gasteiger charge is -2.22. The Hall–Kier alpha value is -2.67. The van der Waals surface area contributed by atoms with Crippen LogP contribution in [0, 0.1) is 6.92 Å². The molecule has 0 radical (unpaired) electrons. The zero-order valence-corrected chi connectivity index (χ0v) is 13.8. The SMILES string of the molecule is COCCCN(CC(=O)Nc1ccon1)C(=O)c1ccc(C)cc1. The summed E-state index contributed by atoms with van der Waals surface area (Å²) in [5.41, 5.74) is 1.62. The molecule has 0 spiro atoms. The van der Waals surface area contributed by atoms with Crippen molar-refractivity contribution in [3.05, 3.63) is 47.7 Å². The molecule has 1 aromatic heterocycles. The summed E-state index contributed by atoms with van der Waals surface area (Å²) >= 11 is 0. The number of amides is 2. The number of benzene rings is 1. The normalized spacial score (nSPS) is 10.4. The number of nitrogens with zero attached hydrogens (tertiary/aromatic N) is 2. The van der Waals surface area contributed by atoms with Gasteiger partial charge in [0.15, 0.2) is 5.82 Å². The number of aromatic nitrogens is 1. The van der Waals surface area contributed by atoms with E-state index in [4.69, 9.17) is 4.74 Å². The number of ether oxygens (including phenoxy) is 1. The van der Waals surface area contributed by atoms with Crippen molar-refractivity contribution in [1.82, 2.24) is 10.1 Å². The van der Waals surface area contributed by atoms with Crippen molar-refractivity contribution in [3.63, 3.8) is 0 Å². The average Bonchev–Trinajstić information content (AvgIpc) is 3.07. The molecule has 2 aromatic rings. The maximum Gasteiger partial charge on any atom is 0.254 e. The summed E-state index contributed by atoms with van der Waals surface area (Å²) in [6.45, 7) is 2.83. The molecule has 24 heavy (non-hydrogen) atoms. The van der Waals surface area contributed by atoms with Gasteiger partial charge in [-0.1, -0.05) is 22.9 Å². The minimum atomic E-state index is -0.332. The summed E-state index contributed by atoms with van der Waals surface area (Å²) in [5.74, 6) is -0.206. The number of carbonyl (C=O) groups excluding carboxylic acids is 2. The van der Waals surface area contributed by atoms with Crippen LogP contribution in [0.1, 0.15) is 22.3 Å². The summed E-state index contributed by atoms with van der Waals surface area (Å²) in [7, 11) is 1.60. The van der Waals surface area contributed by atoms with Crippen molar-refractivity contribution in [2.45, 2.75) is 13.3 Å². The summed E-state index contributed by atoms with van der Waals surface area (Å²) in [5, 5.41) is 6.21. The van der Waals surface area contributed by atoms with Crippen molar-refractivity contribution in [1.29, 1.82) is 0 Å². The van der Waals surface area contributed by atoms with Crippen LogP contribution >= 0.6 is 0 Å². The van der Waals surface area contributed by atoms with Gasteiger partial charge in [0.05, 0.1) is 0 Å². The van der Waals surface area contributed by atoms with Gasteiger partial charge in [0, 0.05) is 31.9 Å². The van der Waals surface area contributed by atoms with Gasteiger partial charge in [-0.05, 0) is 25.5 Å². The Labute approximate surface area is 140 Å². The second-order valence-corrected chi connectivity index (χ2v) is 5.37. The molecule has 7 heteroatoms. The van der Waals surface area contributed by atoms with Crippen molar-refractivity contribution in [2.75, 3.05) is 32.1 Å². The van der Waals surface area contributed by atoms with Gasteiger partial charge >= 0.3 is 0 Å². The summed E-state index contributed by atoms with van der Waals surface area (Å²) < 4.78 is 9.69. The number of carbonyl (C=O) groups is 2. The van der Waals surface area contributed by atoms with E-state index in [1.807, 2.05) is 19.1 Å². The maximum atomic E-state index is 12.7. The third kappa shape index (κ3) is 5.20. The maximum absolute atomic E-state index is 12.7. The van der Waals surface area contributed by atoms with Gasteiger partial charge in [0.2, 0.25) is 5.91 Å². The number of hydrogen-bond donors (Lipinski definition) is 1. The Balaban J connectivity index is 2.03. The number of methoxy groups -OCH3 is 1. The number of rotatable bonds is 8. The highest BCUT2D eigenvalue weighted by atomic mass is 16.5. The lowest BCUT2D eigenvalue weighted by Crippen LogP contribution is -2.39. The van der Waals surface area contributed by atoms with Gasteiger partial charge < -0.3 is 19.5 Å². The van der Waals surface area contributed by atoms with Gasteiger partial charge in [-0.2, -0.15) is 0 Å². The zero-order chi connectivity index (χ0) is 17.4. The van der Waals surface area contributed by atoms with Crippen LogP contribution in [0.3, 0.4) is 0 Å². The first-order valence-electron chi connectivity index (χ1n) is 7.65. The Kier molecular flexibility index (Phi) is 6.51. The molecule has 1 N–H and O–H groups in total. The molecule has 0 unspecified atom stereocenters. The Morgan fingerprint density at radius 2 is 2.00 bits per heavy atom. The number of hydrogen-bond acceptors (Lipinski definition) is 5. The van der Waals surface area contributed by atoms with Gasteiger partial charge in [0.1, 0.15) is 12.8 Å². The van der Waals surface area contributed by atoms with E-state index in [9.17, 15) is 9.59 Å². The minimum Gasteiger partial charge on any atom is -0.385 e. The van der Waals surface area contributed by atoms with Crippen LogP contribution in [0.4, 0.5) is 5.82 Å². The van der Waals surface area contributed by atoms with Crippen molar-refractivity contribution >= 4 is 17.6 Å². The van der Waals surface area contributed by atoms with Crippen LogP contribution in [0.2, 0.25) is 0 Å². The minimum absolute atomic E-state index is 0.0662. The molecule has 2 amide bonds. The molecule has 1 heterocycles. The summed E-state index contributed by atoms with van der Waals surface area (Å²) in [6, 6.07) is 8.80. The standard InChI is InChI=1S/C17H21N3O4/c1-13-4-6-14(7-5-13)17(22)20(9-3-10-23-2)12-16(21)18-15-8-11-24-19-15/h4-8,11H,3,9-10,12H2,1-2H3,(H,18,19,21). The third-order valence-electron chi connectivity index (χ3n) is 3.40. The molecule has 1 aromatic carbocycles. The van der Waals surface area contributed by atoms with E-state index in [1.54, 1.807) is 19.2 Å². The smallest absolute Gasteiger partial charge is 0.254 e. The van der Waals surface area contributed by atoms with E-state index >= 15 is 0 Å². The molecule has 2 rings (SSSR count). The number of nitrogens with one attached hydrogen (secondary N) is 1.